The van der Waals surface area contributed by atoms with Crippen molar-refractivity contribution in [1.29, 1.82) is 0 Å². The summed E-state index contributed by atoms with van der Waals surface area (Å²) in [6.07, 6.45) is 2.32. The van der Waals surface area contributed by atoms with Gasteiger partial charge in [-0.05, 0) is 30.2 Å². The van der Waals surface area contributed by atoms with Crippen LogP contribution in [0.15, 0.2) is 30.3 Å². The van der Waals surface area contributed by atoms with Crippen molar-refractivity contribution < 1.29 is 17.9 Å². The first-order valence-electron chi connectivity index (χ1n) is 8.01. The molecule has 1 aliphatic carbocycles. The second-order valence-electron chi connectivity index (χ2n) is 7.34. The third kappa shape index (κ3) is 5.98. The number of ether oxygens (including phenoxy) is 1. The zero-order valence-corrected chi connectivity index (χ0v) is 15.6. The van der Waals surface area contributed by atoms with Gasteiger partial charge in [0.2, 0.25) is 9.05 Å². The molecule has 24 heavy (non-hydrogen) atoms. The number of hydrogen-bond acceptors (Lipinski definition) is 4. The molecule has 0 aromatic heterocycles. The molecule has 134 valence electrons. The molecule has 0 aliphatic heterocycles. The summed E-state index contributed by atoms with van der Waals surface area (Å²) in [5, 5.41) is 2.79. The molecule has 1 atom stereocenters. The first-order valence-corrected chi connectivity index (χ1v) is 10.5. The number of carbonyl (C=O) groups is 1. The second kappa shape index (κ2) is 7.31. The highest BCUT2D eigenvalue weighted by molar-refractivity contribution is 8.13. The van der Waals surface area contributed by atoms with Crippen molar-refractivity contribution in [3.8, 4) is 0 Å². The Labute approximate surface area is 148 Å². The fourth-order valence-electron chi connectivity index (χ4n) is 3.57. The minimum Gasteiger partial charge on any atom is -0.445 e. The van der Waals surface area contributed by atoms with Gasteiger partial charge in [0.05, 0.1) is 11.3 Å². The van der Waals surface area contributed by atoms with E-state index in [-0.39, 0.29) is 17.8 Å². The maximum Gasteiger partial charge on any atom is 0.407 e. The smallest absolute Gasteiger partial charge is 0.407 e. The Bertz CT molecular complexity index is 675. The molecule has 0 bridgehead atoms. The Hall–Kier alpha value is -1.27. The molecule has 1 unspecified atom stereocenters. The minimum atomic E-state index is -3.74. The molecule has 5 nitrogen and oxygen atoms in total. The molecule has 1 fully saturated rings. The molecule has 2 rings (SSSR count). The third-order valence-electron chi connectivity index (χ3n) is 4.35. The molecule has 7 heteroatoms. The lowest BCUT2D eigenvalue weighted by atomic mass is 9.69. The van der Waals surface area contributed by atoms with E-state index < -0.39 is 20.7 Å². The predicted octanol–water partition coefficient (Wildman–Crippen LogP) is 3.82. The fraction of sp³-hybridized carbons (Fsp3) is 0.588. The van der Waals surface area contributed by atoms with E-state index in [0.29, 0.717) is 12.8 Å². The largest absolute Gasteiger partial charge is 0.445 e. The molecule has 1 aliphatic rings. The number of amides is 1. The lowest BCUT2D eigenvalue weighted by Crippen LogP contribution is -2.56. The summed E-state index contributed by atoms with van der Waals surface area (Å²) >= 11 is 0. The lowest BCUT2D eigenvalue weighted by molar-refractivity contribution is 0.0986. The van der Waals surface area contributed by atoms with Gasteiger partial charge in [0.15, 0.2) is 0 Å². The molecule has 1 amide bonds. The van der Waals surface area contributed by atoms with Crippen molar-refractivity contribution in [2.75, 3.05) is 5.75 Å². The van der Waals surface area contributed by atoms with Gasteiger partial charge in [-0.25, -0.2) is 13.2 Å². The molecule has 1 aromatic rings. The standard InChI is InChI=1S/C17H24ClNO4S/c1-16(2)9-6-10-17(12-16,13-24(18,21)22)19-15(20)23-11-14-7-4-3-5-8-14/h3-5,7-8H,6,9-13H2,1-2H3,(H,19,20). The number of carbonyl (C=O) groups excluding carboxylic acids is 1. The van der Waals surface area contributed by atoms with Gasteiger partial charge in [-0.1, -0.05) is 50.6 Å². The summed E-state index contributed by atoms with van der Waals surface area (Å²) in [7, 11) is 1.74. The summed E-state index contributed by atoms with van der Waals surface area (Å²) in [6.45, 7) is 4.28. The Morgan fingerprint density at radius 3 is 2.50 bits per heavy atom. The summed E-state index contributed by atoms with van der Waals surface area (Å²) in [4.78, 5) is 12.2. The number of rotatable bonds is 5. The molecule has 0 saturated heterocycles. The van der Waals surface area contributed by atoms with E-state index in [1.165, 1.54) is 0 Å². The van der Waals surface area contributed by atoms with Crippen molar-refractivity contribution in [2.24, 2.45) is 5.41 Å². The summed E-state index contributed by atoms with van der Waals surface area (Å²) < 4.78 is 28.6. The van der Waals surface area contributed by atoms with E-state index >= 15 is 0 Å². The number of benzene rings is 1. The van der Waals surface area contributed by atoms with Crippen molar-refractivity contribution in [3.63, 3.8) is 0 Å². The first kappa shape index (κ1) is 19.1. The highest BCUT2D eigenvalue weighted by Gasteiger charge is 2.44. The van der Waals surface area contributed by atoms with Crippen LogP contribution < -0.4 is 5.32 Å². The molecule has 1 aromatic carbocycles. The molecular formula is C17H24ClNO4S. The van der Waals surface area contributed by atoms with E-state index in [2.05, 4.69) is 19.2 Å². The van der Waals surface area contributed by atoms with Gasteiger partial charge in [-0.2, -0.15) is 0 Å². The Balaban J connectivity index is 2.06. The number of alkyl carbamates (subject to hydrolysis) is 1. The molecule has 0 radical (unpaired) electrons. The zero-order chi connectivity index (χ0) is 17.8. The summed E-state index contributed by atoms with van der Waals surface area (Å²) in [5.74, 6) is -0.286. The van der Waals surface area contributed by atoms with E-state index in [9.17, 15) is 13.2 Å². The van der Waals surface area contributed by atoms with Crippen molar-refractivity contribution in [2.45, 2.75) is 51.7 Å². The van der Waals surface area contributed by atoms with E-state index in [4.69, 9.17) is 15.4 Å². The van der Waals surface area contributed by atoms with Gasteiger partial charge in [0.25, 0.3) is 0 Å². The Morgan fingerprint density at radius 1 is 1.25 bits per heavy atom. The highest BCUT2D eigenvalue weighted by Crippen LogP contribution is 2.42. The highest BCUT2D eigenvalue weighted by atomic mass is 35.7. The van der Waals surface area contributed by atoms with Crippen molar-refractivity contribution >= 4 is 25.8 Å². The maximum absolute atomic E-state index is 12.2. The first-order chi connectivity index (χ1) is 11.1. The average molecular weight is 374 g/mol. The van der Waals surface area contributed by atoms with Crippen LogP contribution in [0.2, 0.25) is 0 Å². The molecule has 1 saturated carbocycles. The van der Waals surface area contributed by atoms with Crippen LogP contribution in [0, 0.1) is 5.41 Å². The predicted molar refractivity (Wildman–Crippen MR) is 94.4 cm³/mol. The number of nitrogens with one attached hydrogen (secondary N) is 1. The van der Waals surface area contributed by atoms with Gasteiger partial charge in [0, 0.05) is 10.7 Å². The number of halogens is 1. The lowest BCUT2D eigenvalue weighted by Gasteiger charge is -2.44. The maximum atomic E-state index is 12.2. The third-order valence-corrected chi connectivity index (χ3v) is 5.58. The van der Waals surface area contributed by atoms with Gasteiger partial charge in [-0.3, -0.25) is 0 Å². The van der Waals surface area contributed by atoms with E-state index in [1.807, 2.05) is 30.3 Å². The van der Waals surface area contributed by atoms with E-state index in [0.717, 1.165) is 18.4 Å². The SMILES string of the molecule is CC1(C)CCCC(CS(=O)(=O)Cl)(NC(=O)OCc2ccccc2)C1. The molecule has 1 N–H and O–H groups in total. The van der Waals surface area contributed by atoms with Crippen LogP contribution in [0.3, 0.4) is 0 Å². The average Bonchev–Trinajstić information content (AvgIpc) is 2.43. The second-order valence-corrected chi connectivity index (χ2v) is 10.1. The van der Waals surface area contributed by atoms with Crippen LogP contribution in [-0.4, -0.2) is 25.8 Å². The van der Waals surface area contributed by atoms with Gasteiger partial charge in [-0.15, -0.1) is 0 Å². The Kier molecular flexibility index (Phi) is 5.81. The van der Waals surface area contributed by atoms with Crippen molar-refractivity contribution in [1.82, 2.24) is 5.32 Å². The van der Waals surface area contributed by atoms with Crippen LogP contribution in [0.1, 0.15) is 45.1 Å². The van der Waals surface area contributed by atoms with Crippen molar-refractivity contribution in [3.05, 3.63) is 35.9 Å². The van der Waals surface area contributed by atoms with Gasteiger partial charge < -0.3 is 10.1 Å². The molecule has 0 spiro atoms. The van der Waals surface area contributed by atoms with Gasteiger partial charge in [0.1, 0.15) is 6.61 Å². The van der Waals surface area contributed by atoms with Gasteiger partial charge >= 0.3 is 6.09 Å². The van der Waals surface area contributed by atoms with E-state index in [1.54, 1.807) is 0 Å². The molecular weight excluding hydrogens is 350 g/mol. The zero-order valence-electron chi connectivity index (χ0n) is 14.0. The minimum absolute atomic E-state index is 0.0630. The fourth-order valence-corrected chi connectivity index (χ4v) is 5.18. The Morgan fingerprint density at radius 2 is 1.92 bits per heavy atom. The summed E-state index contributed by atoms with van der Waals surface area (Å²) in [6, 6.07) is 9.32. The topological polar surface area (TPSA) is 72.5 Å². The monoisotopic (exact) mass is 373 g/mol. The quantitative estimate of drug-likeness (QED) is 0.796. The van der Waals surface area contributed by atoms with Crippen LogP contribution in [0.25, 0.3) is 0 Å². The molecule has 0 heterocycles. The van der Waals surface area contributed by atoms with Crippen LogP contribution in [0.5, 0.6) is 0 Å². The van der Waals surface area contributed by atoms with Crippen LogP contribution in [-0.2, 0) is 20.4 Å². The number of hydrogen-bond donors (Lipinski definition) is 1. The normalized spacial score (nSPS) is 23.5. The summed E-state index contributed by atoms with van der Waals surface area (Å²) in [5.41, 5.74) is -0.0709. The van der Waals surface area contributed by atoms with Crippen LogP contribution in [0.4, 0.5) is 4.79 Å². The van der Waals surface area contributed by atoms with Crippen LogP contribution >= 0.6 is 10.7 Å².